The number of hydrogen-bond acceptors (Lipinski definition) is 4. The van der Waals surface area contributed by atoms with Crippen LogP contribution in [0.15, 0.2) is 71.3 Å². The lowest BCUT2D eigenvalue weighted by Crippen LogP contribution is -2.40. The number of benzene rings is 2. The predicted molar refractivity (Wildman–Crippen MR) is 120 cm³/mol. The molecule has 2 aromatic carbocycles. The zero-order valence-corrected chi connectivity index (χ0v) is 18.5. The van der Waals surface area contributed by atoms with Crippen molar-refractivity contribution < 1.29 is 14.3 Å². The van der Waals surface area contributed by atoms with Gasteiger partial charge in [-0.25, -0.2) is 4.98 Å². The Bertz CT molecular complexity index is 1040. The molecule has 0 bridgehead atoms. The number of anilines is 1. The van der Waals surface area contributed by atoms with Crippen molar-refractivity contribution in [2.45, 2.75) is 26.3 Å². The van der Waals surface area contributed by atoms with Gasteiger partial charge >= 0.3 is 0 Å². The van der Waals surface area contributed by atoms with Gasteiger partial charge in [-0.05, 0) is 81.4 Å². The molecule has 0 saturated heterocycles. The average molecular weight is 468 g/mol. The third kappa shape index (κ3) is 5.90. The summed E-state index contributed by atoms with van der Waals surface area (Å²) in [6, 6.07) is 17.2. The fourth-order valence-electron chi connectivity index (χ4n) is 2.58. The van der Waals surface area contributed by atoms with E-state index in [1.165, 1.54) is 0 Å². The lowest BCUT2D eigenvalue weighted by molar-refractivity contribution is 0.0919. The quantitative estimate of drug-likeness (QED) is 0.524. The Hall–Kier alpha value is -3.19. The number of rotatable bonds is 5. The Balaban J connectivity index is 1.72. The number of carbonyl (C=O) groups is 2. The molecule has 0 unspecified atom stereocenters. The molecule has 2 N–H and O–H groups in total. The first-order chi connectivity index (χ1) is 14.2. The molecule has 2 amide bonds. The van der Waals surface area contributed by atoms with Crippen molar-refractivity contribution >= 4 is 33.4 Å². The van der Waals surface area contributed by atoms with Crippen LogP contribution in [0.3, 0.4) is 0 Å². The fraction of sp³-hybridized carbons (Fsp3) is 0.174. The summed E-state index contributed by atoms with van der Waals surface area (Å²) in [4.78, 5) is 29.2. The molecule has 3 rings (SSSR count). The lowest BCUT2D eigenvalue weighted by atomic mass is 10.1. The topological polar surface area (TPSA) is 80.3 Å². The molecule has 7 heteroatoms. The zero-order valence-electron chi connectivity index (χ0n) is 16.9. The van der Waals surface area contributed by atoms with Crippen molar-refractivity contribution in [1.82, 2.24) is 10.3 Å². The van der Waals surface area contributed by atoms with Crippen molar-refractivity contribution in [3.05, 3.63) is 82.5 Å². The largest absolute Gasteiger partial charge is 0.438 e. The molecule has 3 aromatic rings. The zero-order chi connectivity index (χ0) is 21.7. The summed E-state index contributed by atoms with van der Waals surface area (Å²) in [6.45, 7) is 5.75. The average Bonchev–Trinajstić information content (AvgIpc) is 2.69. The standard InChI is InChI=1S/C23H22BrN3O3/c1-23(2,3)27-20(28)15-6-10-17(11-7-15)26-21(29)19-5-4-14-25-22(19)30-18-12-8-16(24)9-13-18/h4-14H,1-3H3,(H,26,29)(H,27,28). The number of amides is 2. The van der Waals surface area contributed by atoms with E-state index in [9.17, 15) is 9.59 Å². The minimum Gasteiger partial charge on any atom is -0.438 e. The molecule has 0 aliphatic carbocycles. The normalized spacial score (nSPS) is 10.9. The van der Waals surface area contributed by atoms with Crippen LogP contribution in [-0.2, 0) is 0 Å². The molecule has 154 valence electrons. The Morgan fingerprint density at radius 3 is 2.23 bits per heavy atom. The summed E-state index contributed by atoms with van der Waals surface area (Å²) in [7, 11) is 0. The maximum Gasteiger partial charge on any atom is 0.261 e. The van der Waals surface area contributed by atoms with Crippen LogP contribution in [0.25, 0.3) is 0 Å². The van der Waals surface area contributed by atoms with Crippen LogP contribution < -0.4 is 15.4 Å². The van der Waals surface area contributed by atoms with E-state index < -0.39 is 0 Å². The Labute approximate surface area is 183 Å². The van der Waals surface area contributed by atoms with Gasteiger partial charge in [0.1, 0.15) is 11.3 Å². The van der Waals surface area contributed by atoms with Gasteiger partial charge in [-0.3, -0.25) is 9.59 Å². The predicted octanol–water partition coefficient (Wildman–Crippen LogP) is 5.42. The smallest absolute Gasteiger partial charge is 0.261 e. The van der Waals surface area contributed by atoms with E-state index in [4.69, 9.17) is 4.74 Å². The maximum atomic E-state index is 12.8. The number of carbonyl (C=O) groups excluding carboxylic acids is 2. The molecule has 0 saturated carbocycles. The molecule has 1 aromatic heterocycles. The molecular weight excluding hydrogens is 446 g/mol. The highest BCUT2D eigenvalue weighted by Crippen LogP contribution is 2.25. The van der Waals surface area contributed by atoms with E-state index in [0.29, 0.717) is 22.6 Å². The third-order valence-electron chi connectivity index (χ3n) is 3.94. The van der Waals surface area contributed by atoms with Gasteiger partial charge in [-0.2, -0.15) is 0 Å². The molecule has 0 radical (unpaired) electrons. The Morgan fingerprint density at radius 1 is 0.933 bits per heavy atom. The van der Waals surface area contributed by atoms with Crippen LogP contribution in [0.1, 0.15) is 41.5 Å². The number of ether oxygens (including phenoxy) is 1. The van der Waals surface area contributed by atoms with E-state index in [2.05, 4.69) is 31.5 Å². The van der Waals surface area contributed by atoms with Crippen molar-refractivity contribution in [3.8, 4) is 11.6 Å². The van der Waals surface area contributed by atoms with E-state index in [1.807, 2.05) is 32.9 Å². The van der Waals surface area contributed by atoms with E-state index >= 15 is 0 Å². The minimum atomic E-state index is -0.359. The van der Waals surface area contributed by atoms with Gasteiger partial charge in [0, 0.05) is 27.5 Å². The summed E-state index contributed by atoms with van der Waals surface area (Å²) in [5.41, 5.74) is 1.06. The van der Waals surface area contributed by atoms with Crippen LogP contribution in [0.2, 0.25) is 0 Å². The highest BCUT2D eigenvalue weighted by molar-refractivity contribution is 9.10. The Morgan fingerprint density at radius 2 is 1.60 bits per heavy atom. The van der Waals surface area contributed by atoms with Crippen LogP contribution in [0.4, 0.5) is 5.69 Å². The van der Waals surface area contributed by atoms with E-state index in [0.717, 1.165) is 4.47 Å². The summed E-state index contributed by atoms with van der Waals surface area (Å²) >= 11 is 3.37. The monoisotopic (exact) mass is 467 g/mol. The molecule has 6 nitrogen and oxygen atoms in total. The van der Waals surface area contributed by atoms with Crippen LogP contribution in [0.5, 0.6) is 11.6 Å². The summed E-state index contributed by atoms with van der Waals surface area (Å²) < 4.78 is 6.70. The lowest BCUT2D eigenvalue weighted by Gasteiger charge is -2.20. The number of hydrogen-bond donors (Lipinski definition) is 2. The van der Waals surface area contributed by atoms with Crippen LogP contribution >= 0.6 is 15.9 Å². The molecule has 0 atom stereocenters. The van der Waals surface area contributed by atoms with Gasteiger partial charge in [-0.1, -0.05) is 15.9 Å². The number of nitrogens with one attached hydrogen (secondary N) is 2. The second-order valence-corrected chi connectivity index (χ2v) is 8.56. The van der Waals surface area contributed by atoms with Crippen molar-refractivity contribution in [3.63, 3.8) is 0 Å². The second-order valence-electron chi connectivity index (χ2n) is 7.65. The third-order valence-corrected chi connectivity index (χ3v) is 4.47. The van der Waals surface area contributed by atoms with Crippen molar-refractivity contribution in [2.24, 2.45) is 0 Å². The van der Waals surface area contributed by atoms with Gasteiger partial charge in [0.2, 0.25) is 5.88 Å². The molecular formula is C23H22BrN3O3. The van der Waals surface area contributed by atoms with Gasteiger partial charge in [-0.15, -0.1) is 0 Å². The fourth-order valence-corrected chi connectivity index (χ4v) is 2.84. The first-order valence-corrected chi connectivity index (χ1v) is 10.1. The summed E-state index contributed by atoms with van der Waals surface area (Å²) in [5.74, 6) is 0.249. The molecule has 0 aliphatic rings. The number of halogens is 1. The van der Waals surface area contributed by atoms with Gasteiger partial charge < -0.3 is 15.4 Å². The highest BCUT2D eigenvalue weighted by atomic mass is 79.9. The first-order valence-electron chi connectivity index (χ1n) is 9.34. The molecule has 30 heavy (non-hydrogen) atoms. The van der Waals surface area contributed by atoms with Gasteiger partial charge in [0.25, 0.3) is 11.8 Å². The SMILES string of the molecule is CC(C)(C)NC(=O)c1ccc(NC(=O)c2cccnc2Oc2ccc(Br)cc2)cc1. The van der Waals surface area contributed by atoms with Crippen LogP contribution in [0, 0.1) is 0 Å². The highest BCUT2D eigenvalue weighted by Gasteiger charge is 2.17. The second kappa shape index (κ2) is 9.09. The molecule has 0 fully saturated rings. The summed E-state index contributed by atoms with van der Waals surface area (Å²) in [5, 5.41) is 5.71. The minimum absolute atomic E-state index is 0.169. The number of nitrogens with zero attached hydrogens (tertiary/aromatic N) is 1. The number of pyridine rings is 1. The summed E-state index contributed by atoms with van der Waals surface area (Å²) in [6.07, 6.45) is 1.56. The van der Waals surface area contributed by atoms with Gasteiger partial charge in [0.05, 0.1) is 0 Å². The van der Waals surface area contributed by atoms with Crippen molar-refractivity contribution in [2.75, 3.05) is 5.32 Å². The van der Waals surface area contributed by atoms with Gasteiger partial charge in [0.15, 0.2) is 0 Å². The molecule has 0 spiro atoms. The molecule has 0 aliphatic heterocycles. The Kier molecular flexibility index (Phi) is 6.52. The maximum absolute atomic E-state index is 12.8. The first kappa shape index (κ1) is 21.5. The van der Waals surface area contributed by atoms with E-state index in [-0.39, 0.29) is 23.2 Å². The van der Waals surface area contributed by atoms with E-state index in [1.54, 1.807) is 54.7 Å². The number of aromatic nitrogens is 1. The van der Waals surface area contributed by atoms with Crippen molar-refractivity contribution in [1.29, 1.82) is 0 Å². The molecule has 1 heterocycles. The van der Waals surface area contributed by atoms with Crippen LogP contribution in [-0.4, -0.2) is 22.3 Å².